The van der Waals surface area contributed by atoms with E-state index in [1.165, 1.54) is 0 Å². The van der Waals surface area contributed by atoms with Gasteiger partial charge in [0.25, 0.3) is 0 Å². The molecule has 17 heavy (non-hydrogen) atoms. The number of likely N-dealkylation sites (N-methyl/N-ethyl adjacent to an activating group) is 1. The first-order valence-electron chi connectivity index (χ1n) is 5.79. The van der Waals surface area contributed by atoms with Gasteiger partial charge in [-0.15, -0.1) is 12.4 Å². The second-order valence-corrected chi connectivity index (χ2v) is 4.01. The number of piperidine rings is 1. The molecule has 1 saturated heterocycles. The Morgan fingerprint density at radius 1 is 1.47 bits per heavy atom. The molecule has 0 radical (unpaired) electrons. The third-order valence-electron chi connectivity index (χ3n) is 2.84. The minimum atomic E-state index is 0. The minimum absolute atomic E-state index is 0. The van der Waals surface area contributed by atoms with Crippen LogP contribution >= 0.6 is 12.4 Å². The Kier molecular flexibility index (Phi) is 9.44. The predicted octanol–water partition coefficient (Wildman–Crippen LogP) is 0.282. The summed E-state index contributed by atoms with van der Waals surface area (Å²) < 4.78 is 10.1. The SMILES string of the molecule is CNC1CCCN(C(=O)COCCOC)C1.Cl. The zero-order chi connectivity index (χ0) is 11.8. The lowest BCUT2D eigenvalue weighted by atomic mass is 10.1. The van der Waals surface area contributed by atoms with Crippen LogP contribution in [-0.4, -0.2) is 63.9 Å². The van der Waals surface area contributed by atoms with E-state index in [2.05, 4.69) is 5.32 Å². The Morgan fingerprint density at radius 3 is 2.88 bits per heavy atom. The Morgan fingerprint density at radius 2 is 2.24 bits per heavy atom. The molecule has 102 valence electrons. The van der Waals surface area contributed by atoms with Gasteiger partial charge in [-0.3, -0.25) is 4.79 Å². The van der Waals surface area contributed by atoms with Crippen LogP contribution in [0.3, 0.4) is 0 Å². The van der Waals surface area contributed by atoms with Crippen molar-refractivity contribution in [1.82, 2.24) is 10.2 Å². The van der Waals surface area contributed by atoms with Crippen LogP contribution in [0.2, 0.25) is 0 Å². The molecule has 1 amide bonds. The number of carbonyl (C=O) groups is 1. The highest BCUT2D eigenvalue weighted by Gasteiger charge is 2.22. The summed E-state index contributed by atoms with van der Waals surface area (Å²) in [5.74, 6) is 0.0797. The van der Waals surface area contributed by atoms with E-state index in [4.69, 9.17) is 9.47 Å². The Labute approximate surface area is 109 Å². The third-order valence-corrected chi connectivity index (χ3v) is 2.84. The van der Waals surface area contributed by atoms with Gasteiger partial charge in [0.15, 0.2) is 0 Å². The van der Waals surface area contributed by atoms with Gasteiger partial charge in [0, 0.05) is 26.2 Å². The topological polar surface area (TPSA) is 50.8 Å². The molecule has 0 aromatic heterocycles. The average molecular weight is 267 g/mol. The molecule has 1 atom stereocenters. The molecular weight excluding hydrogens is 244 g/mol. The fourth-order valence-corrected chi connectivity index (χ4v) is 1.83. The van der Waals surface area contributed by atoms with Gasteiger partial charge < -0.3 is 19.7 Å². The molecule has 1 aliphatic heterocycles. The van der Waals surface area contributed by atoms with Crippen LogP contribution in [0.1, 0.15) is 12.8 Å². The molecule has 0 bridgehead atoms. The van der Waals surface area contributed by atoms with Crippen molar-refractivity contribution in [2.75, 3.05) is 47.1 Å². The molecule has 0 aliphatic carbocycles. The van der Waals surface area contributed by atoms with Crippen molar-refractivity contribution in [3.63, 3.8) is 0 Å². The molecule has 0 aromatic carbocycles. The number of nitrogens with zero attached hydrogens (tertiary/aromatic N) is 1. The maximum Gasteiger partial charge on any atom is 0.248 e. The normalized spacial score (nSPS) is 19.9. The Balaban J connectivity index is 0.00000256. The van der Waals surface area contributed by atoms with Gasteiger partial charge in [-0.05, 0) is 19.9 Å². The quantitative estimate of drug-likeness (QED) is 0.702. The summed E-state index contributed by atoms with van der Waals surface area (Å²) in [7, 11) is 3.56. The number of halogens is 1. The monoisotopic (exact) mass is 266 g/mol. The number of rotatable bonds is 6. The number of nitrogens with one attached hydrogen (secondary N) is 1. The number of ether oxygens (including phenoxy) is 2. The summed E-state index contributed by atoms with van der Waals surface area (Å²) in [4.78, 5) is 13.6. The molecule has 0 saturated carbocycles. The van der Waals surface area contributed by atoms with E-state index in [-0.39, 0.29) is 24.9 Å². The smallest absolute Gasteiger partial charge is 0.248 e. The highest BCUT2D eigenvalue weighted by atomic mass is 35.5. The summed E-state index contributed by atoms with van der Waals surface area (Å²) in [5, 5.41) is 3.21. The van der Waals surface area contributed by atoms with Crippen LogP contribution in [0.5, 0.6) is 0 Å². The standard InChI is InChI=1S/C11H22N2O3.ClH/c1-12-10-4-3-5-13(8-10)11(14)9-16-7-6-15-2;/h10,12H,3-9H2,1-2H3;1H. The Hall–Kier alpha value is -0.360. The average Bonchev–Trinajstić information content (AvgIpc) is 2.34. The molecule has 6 heteroatoms. The first kappa shape index (κ1) is 16.6. The fraction of sp³-hybridized carbons (Fsp3) is 0.909. The van der Waals surface area contributed by atoms with Crippen LogP contribution in [0.15, 0.2) is 0 Å². The summed E-state index contributed by atoms with van der Waals surface area (Å²) in [6, 6.07) is 0.427. The van der Waals surface area contributed by atoms with E-state index in [1.54, 1.807) is 7.11 Å². The molecule has 5 nitrogen and oxygen atoms in total. The number of hydrogen-bond donors (Lipinski definition) is 1. The molecule has 1 unspecified atom stereocenters. The van der Waals surface area contributed by atoms with Gasteiger partial charge in [-0.1, -0.05) is 0 Å². The van der Waals surface area contributed by atoms with Gasteiger partial charge in [0.05, 0.1) is 13.2 Å². The van der Waals surface area contributed by atoms with Crippen molar-refractivity contribution in [2.45, 2.75) is 18.9 Å². The van der Waals surface area contributed by atoms with Crippen molar-refractivity contribution in [2.24, 2.45) is 0 Å². The second kappa shape index (κ2) is 9.65. The molecule has 0 spiro atoms. The fourth-order valence-electron chi connectivity index (χ4n) is 1.83. The lowest BCUT2D eigenvalue weighted by Gasteiger charge is -2.32. The van der Waals surface area contributed by atoms with Crippen molar-refractivity contribution >= 4 is 18.3 Å². The Bertz CT molecular complexity index is 217. The summed E-state index contributed by atoms with van der Waals surface area (Å²) in [6.45, 7) is 2.82. The second-order valence-electron chi connectivity index (χ2n) is 4.01. The van der Waals surface area contributed by atoms with Crippen molar-refractivity contribution in [1.29, 1.82) is 0 Å². The first-order chi connectivity index (χ1) is 7.77. The van der Waals surface area contributed by atoms with Crippen LogP contribution in [0, 0.1) is 0 Å². The largest absolute Gasteiger partial charge is 0.382 e. The summed E-state index contributed by atoms with van der Waals surface area (Å²) in [6.07, 6.45) is 2.21. The molecule has 1 fully saturated rings. The van der Waals surface area contributed by atoms with E-state index in [9.17, 15) is 4.79 Å². The first-order valence-corrected chi connectivity index (χ1v) is 5.79. The van der Waals surface area contributed by atoms with E-state index >= 15 is 0 Å². The van der Waals surface area contributed by atoms with E-state index in [1.807, 2.05) is 11.9 Å². The molecular formula is C11H23ClN2O3. The molecule has 1 rings (SSSR count). The number of methoxy groups -OCH3 is 1. The number of likely N-dealkylation sites (tertiary alicyclic amines) is 1. The van der Waals surface area contributed by atoms with Crippen molar-refractivity contribution < 1.29 is 14.3 Å². The maximum atomic E-state index is 11.8. The molecule has 1 N–H and O–H groups in total. The minimum Gasteiger partial charge on any atom is -0.382 e. The van der Waals surface area contributed by atoms with Crippen molar-refractivity contribution in [3.8, 4) is 0 Å². The van der Waals surface area contributed by atoms with Crippen molar-refractivity contribution in [3.05, 3.63) is 0 Å². The summed E-state index contributed by atoms with van der Waals surface area (Å²) >= 11 is 0. The van der Waals surface area contributed by atoms with E-state index in [0.29, 0.717) is 19.3 Å². The van der Waals surface area contributed by atoms with E-state index in [0.717, 1.165) is 25.9 Å². The van der Waals surface area contributed by atoms with Crippen LogP contribution < -0.4 is 5.32 Å². The zero-order valence-electron chi connectivity index (χ0n) is 10.6. The number of hydrogen-bond acceptors (Lipinski definition) is 4. The van der Waals surface area contributed by atoms with Gasteiger partial charge >= 0.3 is 0 Å². The lowest BCUT2D eigenvalue weighted by molar-refractivity contribution is -0.137. The number of amides is 1. The van der Waals surface area contributed by atoms with Gasteiger partial charge in [-0.2, -0.15) is 0 Å². The third kappa shape index (κ3) is 6.21. The maximum absolute atomic E-state index is 11.8. The lowest BCUT2D eigenvalue weighted by Crippen LogP contribution is -2.48. The molecule has 1 heterocycles. The van der Waals surface area contributed by atoms with Gasteiger partial charge in [-0.25, -0.2) is 0 Å². The van der Waals surface area contributed by atoms with Crippen LogP contribution in [0.25, 0.3) is 0 Å². The van der Waals surface area contributed by atoms with Crippen LogP contribution in [0.4, 0.5) is 0 Å². The van der Waals surface area contributed by atoms with Crippen LogP contribution in [-0.2, 0) is 14.3 Å². The molecule has 1 aliphatic rings. The highest BCUT2D eigenvalue weighted by Crippen LogP contribution is 2.09. The molecule has 0 aromatic rings. The summed E-state index contributed by atoms with van der Waals surface area (Å²) in [5.41, 5.74) is 0. The number of carbonyl (C=O) groups excluding carboxylic acids is 1. The zero-order valence-corrected chi connectivity index (χ0v) is 11.4. The highest BCUT2D eigenvalue weighted by molar-refractivity contribution is 5.85. The van der Waals surface area contributed by atoms with E-state index < -0.39 is 0 Å². The van der Waals surface area contributed by atoms with Gasteiger partial charge in [0.2, 0.25) is 5.91 Å². The predicted molar refractivity (Wildman–Crippen MR) is 68.6 cm³/mol. The van der Waals surface area contributed by atoms with Gasteiger partial charge in [0.1, 0.15) is 6.61 Å².